The summed E-state index contributed by atoms with van der Waals surface area (Å²) in [6.45, 7) is 4.26. The van der Waals surface area contributed by atoms with Crippen LogP contribution in [0, 0.1) is 12.8 Å². The van der Waals surface area contributed by atoms with Crippen molar-refractivity contribution in [3.63, 3.8) is 0 Å². The zero-order chi connectivity index (χ0) is 15.1. The number of rotatable bonds is 7. The molecule has 0 fully saturated rings. The Morgan fingerprint density at radius 2 is 2.10 bits per heavy atom. The highest BCUT2D eigenvalue weighted by molar-refractivity contribution is 6.29. The van der Waals surface area contributed by atoms with Crippen LogP contribution in [-0.2, 0) is 4.79 Å². The number of pyridine rings is 1. The average molecular weight is 299 g/mol. The first-order chi connectivity index (χ1) is 9.38. The monoisotopic (exact) mass is 298 g/mol. The molecule has 1 heterocycles. The van der Waals surface area contributed by atoms with Crippen LogP contribution in [0.25, 0.3) is 0 Å². The molecule has 0 aliphatic carbocycles. The Morgan fingerprint density at radius 1 is 1.40 bits per heavy atom. The van der Waals surface area contributed by atoms with Crippen molar-refractivity contribution in [3.05, 3.63) is 28.5 Å². The lowest BCUT2D eigenvalue weighted by Crippen LogP contribution is -2.25. The molecule has 20 heavy (non-hydrogen) atoms. The van der Waals surface area contributed by atoms with Gasteiger partial charge >= 0.3 is 5.97 Å². The largest absolute Gasteiger partial charge is 0.481 e. The number of aromatic nitrogens is 1. The number of hydrogen-bond donors (Lipinski definition) is 2. The number of aliphatic carboxylic acids is 1. The second-order valence-electron chi connectivity index (χ2n) is 4.90. The molecule has 1 atom stereocenters. The summed E-state index contributed by atoms with van der Waals surface area (Å²) in [5, 5.41) is 11.7. The second-order valence-corrected chi connectivity index (χ2v) is 5.29. The summed E-state index contributed by atoms with van der Waals surface area (Å²) in [5.41, 5.74) is 1.18. The van der Waals surface area contributed by atoms with Gasteiger partial charge in [-0.1, -0.05) is 18.5 Å². The van der Waals surface area contributed by atoms with Gasteiger partial charge in [0.2, 0.25) is 0 Å². The first-order valence-corrected chi connectivity index (χ1v) is 6.90. The molecule has 5 nitrogen and oxygen atoms in total. The fourth-order valence-electron chi connectivity index (χ4n) is 1.81. The molecule has 0 aliphatic rings. The maximum atomic E-state index is 11.9. The van der Waals surface area contributed by atoms with Crippen LogP contribution in [0.4, 0.5) is 0 Å². The van der Waals surface area contributed by atoms with Crippen LogP contribution < -0.4 is 5.32 Å². The molecule has 0 saturated heterocycles. The predicted molar refractivity (Wildman–Crippen MR) is 77.0 cm³/mol. The lowest BCUT2D eigenvalue weighted by molar-refractivity contribution is -0.137. The molecule has 0 bridgehead atoms. The van der Waals surface area contributed by atoms with Crippen LogP contribution in [0.5, 0.6) is 0 Å². The van der Waals surface area contributed by atoms with Crippen molar-refractivity contribution in [1.29, 1.82) is 0 Å². The van der Waals surface area contributed by atoms with Gasteiger partial charge in [-0.2, -0.15) is 0 Å². The Labute approximate surface area is 123 Å². The second kappa shape index (κ2) is 7.85. The maximum Gasteiger partial charge on any atom is 0.303 e. The fraction of sp³-hybridized carbons (Fsp3) is 0.500. The quantitative estimate of drug-likeness (QED) is 0.759. The van der Waals surface area contributed by atoms with Gasteiger partial charge in [-0.25, -0.2) is 4.98 Å². The molecular formula is C14H19ClN2O3. The first-order valence-electron chi connectivity index (χ1n) is 6.52. The van der Waals surface area contributed by atoms with E-state index in [0.29, 0.717) is 29.4 Å². The summed E-state index contributed by atoms with van der Waals surface area (Å²) in [5.74, 6) is -0.722. The third-order valence-electron chi connectivity index (χ3n) is 2.96. The Kier molecular flexibility index (Phi) is 6.45. The van der Waals surface area contributed by atoms with Crippen molar-refractivity contribution in [2.45, 2.75) is 33.1 Å². The number of nitrogens with zero attached hydrogens (tertiary/aromatic N) is 1. The van der Waals surface area contributed by atoms with E-state index >= 15 is 0 Å². The minimum Gasteiger partial charge on any atom is -0.481 e. The maximum absolute atomic E-state index is 11.9. The van der Waals surface area contributed by atoms with E-state index in [1.807, 2.05) is 6.92 Å². The molecule has 1 aromatic heterocycles. The lowest BCUT2D eigenvalue weighted by Gasteiger charge is -2.11. The zero-order valence-corrected chi connectivity index (χ0v) is 12.4. The summed E-state index contributed by atoms with van der Waals surface area (Å²) < 4.78 is 0. The number of halogens is 1. The lowest BCUT2D eigenvalue weighted by atomic mass is 10.0. The van der Waals surface area contributed by atoms with E-state index in [2.05, 4.69) is 10.3 Å². The van der Waals surface area contributed by atoms with Crippen LogP contribution >= 0.6 is 11.6 Å². The standard InChI is InChI=1S/C14H19ClN2O3/c1-9(3-4-13(18)19)5-6-16-14(20)11-7-10(2)17-12(15)8-11/h7-9H,3-6H2,1-2H3,(H,16,20)(H,18,19). The number of carbonyl (C=O) groups excluding carboxylic acids is 1. The van der Waals surface area contributed by atoms with Crippen molar-refractivity contribution >= 4 is 23.5 Å². The van der Waals surface area contributed by atoms with Gasteiger partial charge in [0, 0.05) is 24.2 Å². The SMILES string of the molecule is Cc1cc(C(=O)NCCC(C)CCC(=O)O)cc(Cl)n1. The van der Waals surface area contributed by atoms with Crippen molar-refractivity contribution in [2.75, 3.05) is 6.54 Å². The van der Waals surface area contributed by atoms with E-state index in [0.717, 1.165) is 6.42 Å². The molecule has 1 unspecified atom stereocenters. The average Bonchev–Trinajstić information content (AvgIpc) is 2.35. The van der Waals surface area contributed by atoms with E-state index in [-0.39, 0.29) is 18.2 Å². The van der Waals surface area contributed by atoms with Gasteiger partial charge < -0.3 is 10.4 Å². The molecule has 2 N–H and O–H groups in total. The van der Waals surface area contributed by atoms with Crippen LogP contribution in [-0.4, -0.2) is 28.5 Å². The fourth-order valence-corrected chi connectivity index (χ4v) is 2.06. The number of aryl methyl sites for hydroxylation is 1. The number of carboxylic acid groups (broad SMARTS) is 1. The smallest absolute Gasteiger partial charge is 0.303 e. The highest BCUT2D eigenvalue weighted by atomic mass is 35.5. The normalized spacial score (nSPS) is 11.9. The van der Waals surface area contributed by atoms with Gasteiger partial charge in [-0.05, 0) is 37.8 Å². The molecule has 1 amide bonds. The minimum atomic E-state index is -0.789. The van der Waals surface area contributed by atoms with E-state index < -0.39 is 5.97 Å². The van der Waals surface area contributed by atoms with E-state index in [4.69, 9.17) is 16.7 Å². The molecule has 110 valence electrons. The summed E-state index contributed by atoms with van der Waals surface area (Å²) >= 11 is 5.80. The molecular weight excluding hydrogens is 280 g/mol. The number of hydrogen-bond acceptors (Lipinski definition) is 3. The summed E-state index contributed by atoms with van der Waals surface area (Å²) in [6.07, 6.45) is 1.52. The number of carbonyl (C=O) groups is 2. The molecule has 6 heteroatoms. The Bertz CT molecular complexity index is 471. The van der Waals surface area contributed by atoms with Gasteiger partial charge in [-0.15, -0.1) is 0 Å². The van der Waals surface area contributed by atoms with Crippen molar-refractivity contribution in [2.24, 2.45) is 5.92 Å². The Morgan fingerprint density at radius 3 is 2.70 bits per heavy atom. The Balaban J connectivity index is 2.38. The van der Waals surface area contributed by atoms with Crippen molar-refractivity contribution in [1.82, 2.24) is 10.3 Å². The van der Waals surface area contributed by atoms with Crippen LogP contribution in [0.3, 0.4) is 0 Å². The van der Waals surface area contributed by atoms with Crippen LogP contribution in [0.1, 0.15) is 42.2 Å². The highest BCUT2D eigenvalue weighted by Gasteiger charge is 2.09. The number of nitrogens with one attached hydrogen (secondary N) is 1. The summed E-state index contributed by atoms with van der Waals surface area (Å²) in [4.78, 5) is 26.3. The molecule has 1 rings (SSSR count). The topological polar surface area (TPSA) is 79.3 Å². The minimum absolute atomic E-state index is 0.161. The van der Waals surface area contributed by atoms with Gasteiger partial charge in [-0.3, -0.25) is 9.59 Å². The third kappa shape index (κ3) is 6.02. The van der Waals surface area contributed by atoms with Crippen LogP contribution in [0.2, 0.25) is 5.15 Å². The van der Waals surface area contributed by atoms with Crippen LogP contribution in [0.15, 0.2) is 12.1 Å². The van der Waals surface area contributed by atoms with E-state index in [1.165, 1.54) is 6.07 Å². The van der Waals surface area contributed by atoms with E-state index in [1.54, 1.807) is 13.0 Å². The molecule has 0 spiro atoms. The molecule has 0 aliphatic heterocycles. The highest BCUT2D eigenvalue weighted by Crippen LogP contribution is 2.11. The van der Waals surface area contributed by atoms with Gasteiger partial charge in [0.05, 0.1) is 0 Å². The van der Waals surface area contributed by atoms with Crippen molar-refractivity contribution < 1.29 is 14.7 Å². The van der Waals surface area contributed by atoms with Crippen molar-refractivity contribution in [3.8, 4) is 0 Å². The zero-order valence-electron chi connectivity index (χ0n) is 11.6. The first kappa shape index (κ1) is 16.4. The third-order valence-corrected chi connectivity index (χ3v) is 3.15. The van der Waals surface area contributed by atoms with Gasteiger partial charge in [0.1, 0.15) is 5.15 Å². The molecule has 1 aromatic rings. The van der Waals surface area contributed by atoms with E-state index in [9.17, 15) is 9.59 Å². The Hall–Kier alpha value is -1.62. The molecule has 0 saturated carbocycles. The predicted octanol–water partition coefficient (Wildman–Crippen LogP) is 2.66. The molecule has 0 aromatic carbocycles. The summed E-state index contributed by atoms with van der Waals surface area (Å²) in [7, 11) is 0. The van der Waals surface area contributed by atoms with Gasteiger partial charge in [0.25, 0.3) is 5.91 Å². The van der Waals surface area contributed by atoms with Gasteiger partial charge in [0.15, 0.2) is 0 Å². The summed E-state index contributed by atoms with van der Waals surface area (Å²) in [6, 6.07) is 3.20. The number of amides is 1. The molecule has 0 radical (unpaired) electrons. The number of carboxylic acids is 1.